The third-order valence-electron chi connectivity index (χ3n) is 4.68. The summed E-state index contributed by atoms with van der Waals surface area (Å²) in [4.78, 5) is 21.2. The van der Waals surface area contributed by atoms with Gasteiger partial charge in [-0.05, 0) is 35.4 Å². The average Bonchev–Trinajstić information content (AvgIpc) is 3.26. The minimum atomic E-state index is 0.00931. The van der Waals surface area contributed by atoms with E-state index in [2.05, 4.69) is 38.8 Å². The molecule has 2 aromatic heterocycles. The van der Waals surface area contributed by atoms with Crippen molar-refractivity contribution in [1.82, 2.24) is 19.9 Å². The summed E-state index contributed by atoms with van der Waals surface area (Å²) < 4.78 is 1.94. The molecule has 2 heterocycles. The summed E-state index contributed by atoms with van der Waals surface area (Å²) in [7, 11) is 0. The third kappa shape index (κ3) is 4.60. The van der Waals surface area contributed by atoms with E-state index in [0.29, 0.717) is 25.3 Å². The summed E-state index contributed by atoms with van der Waals surface area (Å²) in [6.07, 6.45) is 4.25. The van der Waals surface area contributed by atoms with Crippen molar-refractivity contribution in [2.45, 2.75) is 13.3 Å². The van der Waals surface area contributed by atoms with Gasteiger partial charge in [-0.25, -0.2) is 9.97 Å². The van der Waals surface area contributed by atoms with Crippen LogP contribution in [-0.4, -0.2) is 33.5 Å². The van der Waals surface area contributed by atoms with Crippen molar-refractivity contribution in [3.05, 3.63) is 84.4 Å². The Bertz CT molecular complexity index is 1120. The molecular weight excluding hydrogens is 362 g/mol. The molecule has 6 nitrogen and oxygen atoms in total. The summed E-state index contributed by atoms with van der Waals surface area (Å²) in [5.41, 5.74) is 1.04. The number of aromatic nitrogens is 3. The highest BCUT2D eigenvalue weighted by molar-refractivity contribution is 5.90. The number of amides is 1. The quantitative estimate of drug-likeness (QED) is 0.478. The minimum absolute atomic E-state index is 0.00931. The fraction of sp³-hybridized carbons (Fsp3) is 0.174. The van der Waals surface area contributed by atoms with Gasteiger partial charge in [0, 0.05) is 31.5 Å². The lowest BCUT2D eigenvalue weighted by Gasteiger charge is -2.11. The SMILES string of the molecule is Cc1nc(NCCNC(=O)Cc2cccc3ccccc23)cc(-n2cccc2)n1. The van der Waals surface area contributed by atoms with Gasteiger partial charge in [0.2, 0.25) is 5.91 Å². The van der Waals surface area contributed by atoms with E-state index in [9.17, 15) is 4.79 Å². The molecule has 1 amide bonds. The van der Waals surface area contributed by atoms with Gasteiger partial charge < -0.3 is 15.2 Å². The zero-order chi connectivity index (χ0) is 20.1. The molecule has 0 aliphatic carbocycles. The van der Waals surface area contributed by atoms with Gasteiger partial charge in [-0.1, -0.05) is 42.5 Å². The molecule has 4 rings (SSSR count). The maximum Gasteiger partial charge on any atom is 0.224 e. The van der Waals surface area contributed by atoms with Crippen LogP contribution in [0.5, 0.6) is 0 Å². The molecule has 0 saturated carbocycles. The standard InChI is InChI=1S/C23H23N5O/c1-17-26-21(16-22(27-17)28-13-4-5-14-28)24-11-12-25-23(29)15-19-9-6-8-18-7-2-3-10-20(18)19/h2-10,13-14,16H,11-12,15H2,1H3,(H,25,29)(H,24,26,27). The molecule has 0 unspecified atom stereocenters. The first-order valence-corrected chi connectivity index (χ1v) is 9.65. The largest absolute Gasteiger partial charge is 0.368 e. The zero-order valence-electron chi connectivity index (χ0n) is 16.3. The van der Waals surface area contributed by atoms with E-state index >= 15 is 0 Å². The summed E-state index contributed by atoms with van der Waals surface area (Å²) in [6, 6.07) is 20.0. The molecule has 2 aromatic carbocycles. The minimum Gasteiger partial charge on any atom is -0.368 e. The molecule has 2 N–H and O–H groups in total. The molecule has 6 heteroatoms. The average molecular weight is 385 g/mol. The van der Waals surface area contributed by atoms with Gasteiger partial charge >= 0.3 is 0 Å². The van der Waals surface area contributed by atoms with E-state index < -0.39 is 0 Å². The Morgan fingerprint density at radius 3 is 2.62 bits per heavy atom. The second kappa shape index (κ2) is 8.56. The van der Waals surface area contributed by atoms with Crippen molar-refractivity contribution < 1.29 is 4.79 Å². The van der Waals surface area contributed by atoms with Crippen molar-refractivity contribution in [3.63, 3.8) is 0 Å². The van der Waals surface area contributed by atoms with Crippen LogP contribution in [0.25, 0.3) is 16.6 Å². The molecule has 0 aliphatic rings. The summed E-state index contributed by atoms with van der Waals surface area (Å²) in [5.74, 6) is 2.25. The smallest absolute Gasteiger partial charge is 0.224 e. The Morgan fingerprint density at radius 1 is 0.966 bits per heavy atom. The molecular formula is C23H23N5O. The van der Waals surface area contributed by atoms with Crippen LogP contribution < -0.4 is 10.6 Å². The molecule has 4 aromatic rings. The maximum absolute atomic E-state index is 12.4. The van der Waals surface area contributed by atoms with Gasteiger partial charge in [-0.2, -0.15) is 0 Å². The van der Waals surface area contributed by atoms with Crippen LogP contribution in [0.3, 0.4) is 0 Å². The number of rotatable bonds is 7. The second-order valence-electron chi connectivity index (χ2n) is 6.84. The molecule has 0 atom stereocenters. The number of fused-ring (bicyclic) bond motifs is 1. The molecule has 0 radical (unpaired) electrons. The molecule has 0 aliphatic heterocycles. The first-order valence-electron chi connectivity index (χ1n) is 9.65. The summed E-state index contributed by atoms with van der Waals surface area (Å²) in [5, 5.41) is 8.50. The van der Waals surface area contributed by atoms with Crippen molar-refractivity contribution in [3.8, 4) is 5.82 Å². The van der Waals surface area contributed by atoms with E-state index in [0.717, 1.165) is 28.0 Å². The third-order valence-corrected chi connectivity index (χ3v) is 4.68. The van der Waals surface area contributed by atoms with Crippen LogP contribution >= 0.6 is 0 Å². The predicted molar refractivity (Wildman–Crippen MR) is 115 cm³/mol. The van der Waals surface area contributed by atoms with Crippen LogP contribution in [0.1, 0.15) is 11.4 Å². The monoisotopic (exact) mass is 385 g/mol. The number of carbonyl (C=O) groups is 1. The molecule has 0 spiro atoms. The Hall–Kier alpha value is -3.67. The Kier molecular flexibility index (Phi) is 5.52. The zero-order valence-corrected chi connectivity index (χ0v) is 16.3. The topological polar surface area (TPSA) is 71.8 Å². The number of benzene rings is 2. The van der Waals surface area contributed by atoms with Crippen LogP contribution in [-0.2, 0) is 11.2 Å². The number of hydrogen-bond donors (Lipinski definition) is 2. The highest BCUT2D eigenvalue weighted by Crippen LogP contribution is 2.18. The van der Waals surface area contributed by atoms with Crippen LogP contribution in [0, 0.1) is 6.92 Å². The van der Waals surface area contributed by atoms with Gasteiger partial charge in [0.25, 0.3) is 0 Å². The van der Waals surface area contributed by atoms with Gasteiger partial charge in [0.05, 0.1) is 6.42 Å². The van der Waals surface area contributed by atoms with Crippen molar-refractivity contribution in [2.75, 3.05) is 18.4 Å². The first kappa shape index (κ1) is 18.7. The Morgan fingerprint density at radius 2 is 1.76 bits per heavy atom. The van der Waals surface area contributed by atoms with E-state index in [4.69, 9.17) is 0 Å². The van der Waals surface area contributed by atoms with Crippen molar-refractivity contribution in [1.29, 1.82) is 0 Å². The molecule has 0 saturated heterocycles. The lowest BCUT2D eigenvalue weighted by Crippen LogP contribution is -2.30. The van der Waals surface area contributed by atoms with Gasteiger partial charge in [-0.3, -0.25) is 4.79 Å². The number of nitrogens with zero attached hydrogens (tertiary/aromatic N) is 3. The summed E-state index contributed by atoms with van der Waals surface area (Å²) >= 11 is 0. The number of nitrogens with one attached hydrogen (secondary N) is 2. The molecule has 146 valence electrons. The lowest BCUT2D eigenvalue weighted by molar-refractivity contribution is -0.120. The van der Waals surface area contributed by atoms with E-state index in [-0.39, 0.29) is 5.91 Å². The fourth-order valence-corrected chi connectivity index (χ4v) is 3.34. The van der Waals surface area contributed by atoms with Crippen LogP contribution in [0.15, 0.2) is 73.1 Å². The van der Waals surface area contributed by atoms with Gasteiger partial charge in [0.1, 0.15) is 17.5 Å². The highest BCUT2D eigenvalue weighted by Gasteiger charge is 2.07. The summed E-state index contributed by atoms with van der Waals surface area (Å²) in [6.45, 7) is 2.97. The Labute approximate surface area is 169 Å². The maximum atomic E-state index is 12.4. The number of hydrogen-bond acceptors (Lipinski definition) is 4. The first-order chi connectivity index (χ1) is 14.2. The normalized spacial score (nSPS) is 10.8. The molecule has 0 fully saturated rings. The van der Waals surface area contributed by atoms with Crippen LogP contribution in [0.2, 0.25) is 0 Å². The van der Waals surface area contributed by atoms with E-state index in [1.165, 1.54) is 0 Å². The van der Waals surface area contributed by atoms with E-state index in [1.807, 2.05) is 66.3 Å². The predicted octanol–water partition coefficient (Wildman–Crippen LogP) is 3.50. The molecule has 29 heavy (non-hydrogen) atoms. The van der Waals surface area contributed by atoms with Gasteiger partial charge in [-0.15, -0.1) is 0 Å². The molecule has 0 bridgehead atoms. The number of carbonyl (C=O) groups excluding carboxylic acids is 1. The Balaban J connectivity index is 1.31. The second-order valence-corrected chi connectivity index (χ2v) is 6.84. The lowest BCUT2D eigenvalue weighted by atomic mass is 10.0. The highest BCUT2D eigenvalue weighted by atomic mass is 16.1. The van der Waals surface area contributed by atoms with E-state index in [1.54, 1.807) is 0 Å². The fourth-order valence-electron chi connectivity index (χ4n) is 3.34. The number of anilines is 1. The van der Waals surface area contributed by atoms with Crippen LogP contribution in [0.4, 0.5) is 5.82 Å². The van der Waals surface area contributed by atoms with Crippen molar-refractivity contribution in [2.24, 2.45) is 0 Å². The van der Waals surface area contributed by atoms with Gasteiger partial charge in [0.15, 0.2) is 0 Å². The number of aryl methyl sites for hydroxylation is 1. The van der Waals surface area contributed by atoms with Crippen molar-refractivity contribution >= 4 is 22.5 Å².